The van der Waals surface area contributed by atoms with Crippen molar-refractivity contribution in [1.82, 2.24) is 9.97 Å². The molecule has 0 bridgehead atoms. The Hall–Kier alpha value is -2.42. The summed E-state index contributed by atoms with van der Waals surface area (Å²) < 4.78 is 0. The van der Waals surface area contributed by atoms with Crippen molar-refractivity contribution in [1.29, 1.82) is 5.26 Å². The van der Waals surface area contributed by atoms with Crippen molar-refractivity contribution in [2.45, 2.75) is 25.7 Å². The lowest BCUT2D eigenvalue weighted by atomic mass is 9.97. The van der Waals surface area contributed by atoms with E-state index in [0.29, 0.717) is 16.4 Å². The van der Waals surface area contributed by atoms with Gasteiger partial charge in [0.1, 0.15) is 4.83 Å². The Labute approximate surface area is 153 Å². The van der Waals surface area contributed by atoms with Gasteiger partial charge in [0.25, 0.3) is 5.56 Å². The van der Waals surface area contributed by atoms with E-state index in [4.69, 9.17) is 16.9 Å². The van der Waals surface area contributed by atoms with E-state index in [0.717, 1.165) is 35.0 Å². The van der Waals surface area contributed by atoms with Crippen LogP contribution in [0.5, 0.6) is 0 Å². The lowest BCUT2D eigenvalue weighted by Crippen LogP contribution is -2.12. The molecule has 4 rings (SSSR count). The molecular formula is C19H14ClN3OS. The molecule has 0 saturated carbocycles. The number of aromatic amines is 1. The number of aryl methyl sites for hydroxylation is 2. The molecule has 0 saturated heterocycles. The molecule has 1 N–H and O–H groups in total. The van der Waals surface area contributed by atoms with E-state index in [1.54, 1.807) is 41.7 Å². The average Bonchev–Trinajstić information content (AvgIpc) is 3.01. The van der Waals surface area contributed by atoms with Gasteiger partial charge in [-0.15, -0.1) is 11.3 Å². The fourth-order valence-electron chi connectivity index (χ4n) is 3.15. The summed E-state index contributed by atoms with van der Waals surface area (Å²) in [6.07, 6.45) is 6.01. The average molecular weight is 368 g/mol. The zero-order valence-corrected chi connectivity index (χ0v) is 14.9. The first kappa shape index (κ1) is 16.1. The van der Waals surface area contributed by atoms with Crippen molar-refractivity contribution in [3.8, 4) is 6.07 Å². The standard InChI is InChI=1S/C19H14ClN3OS/c20-14(9-11-5-7-12(10-21)8-6-11)17-22-18(24)16-13-3-1-2-4-15(13)25-19(16)23-17/h5-9H,1-4H2,(H,22,23,24)/b14-9-. The Balaban J connectivity index is 1.77. The maximum atomic E-state index is 12.6. The molecule has 4 nitrogen and oxygen atoms in total. The molecule has 0 fully saturated rings. The summed E-state index contributed by atoms with van der Waals surface area (Å²) in [7, 11) is 0. The van der Waals surface area contributed by atoms with Gasteiger partial charge in [-0.25, -0.2) is 4.98 Å². The molecule has 2 aromatic heterocycles. The zero-order valence-electron chi connectivity index (χ0n) is 13.3. The second kappa shape index (κ2) is 6.47. The first-order valence-electron chi connectivity index (χ1n) is 8.08. The Morgan fingerprint density at radius 3 is 2.80 bits per heavy atom. The highest BCUT2D eigenvalue weighted by atomic mass is 35.5. The first-order valence-corrected chi connectivity index (χ1v) is 9.27. The van der Waals surface area contributed by atoms with Crippen molar-refractivity contribution in [2.24, 2.45) is 0 Å². The van der Waals surface area contributed by atoms with E-state index >= 15 is 0 Å². The van der Waals surface area contributed by atoms with E-state index in [9.17, 15) is 4.79 Å². The summed E-state index contributed by atoms with van der Waals surface area (Å²) >= 11 is 7.99. The molecule has 124 valence electrons. The van der Waals surface area contributed by atoms with E-state index in [1.165, 1.54) is 16.9 Å². The van der Waals surface area contributed by atoms with Crippen LogP contribution >= 0.6 is 22.9 Å². The number of H-pyrrole nitrogens is 1. The van der Waals surface area contributed by atoms with Gasteiger partial charge in [0.2, 0.25) is 0 Å². The van der Waals surface area contributed by atoms with Crippen LogP contribution in [0, 0.1) is 11.3 Å². The van der Waals surface area contributed by atoms with Crippen LogP contribution in [-0.2, 0) is 12.8 Å². The summed E-state index contributed by atoms with van der Waals surface area (Å²) in [4.78, 5) is 22.0. The molecular weight excluding hydrogens is 354 g/mol. The largest absolute Gasteiger partial charge is 0.305 e. The van der Waals surface area contributed by atoms with Gasteiger partial charge in [-0.2, -0.15) is 5.26 Å². The number of nitrogens with one attached hydrogen (secondary N) is 1. The molecule has 0 spiro atoms. The van der Waals surface area contributed by atoms with Crippen LogP contribution in [-0.4, -0.2) is 9.97 Å². The number of thiophene rings is 1. The Morgan fingerprint density at radius 1 is 1.28 bits per heavy atom. The molecule has 0 unspecified atom stereocenters. The van der Waals surface area contributed by atoms with Crippen molar-refractivity contribution < 1.29 is 0 Å². The number of halogens is 1. The Bertz CT molecular complexity index is 1090. The van der Waals surface area contributed by atoms with Crippen LogP contribution in [0.15, 0.2) is 29.1 Å². The monoisotopic (exact) mass is 367 g/mol. The number of benzene rings is 1. The third kappa shape index (κ3) is 2.99. The topological polar surface area (TPSA) is 69.5 Å². The minimum absolute atomic E-state index is 0.120. The summed E-state index contributed by atoms with van der Waals surface area (Å²) in [5, 5.41) is 9.95. The normalized spacial score (nSPS) is 14.3. The number of rotatable bonds is 2. The predicted octanol–water partition coefficient (Wildman–Crippen LogP) is 4.47. The van der Waals surface area contributed by atoms with Crippen LogP contribution in [0.25, 0.3) is 21.3 Å². The smallest absolute Gasteiger partial charge is 0.260 e. The van der Waals surface area contributed by atoms with Crippen LogP contribution in [0.1, 0.15) is 40.2 Å². The van der Waals surface area contributed by atoms with Crippen LogP contribution in [0.4, 0.5) is 0 Å². The lowest BCUT2D eigenvalue weighted by Gasteiger charge is -2.09. The highest BCUT2D eigenvalue weighted by Crippen LogP contribution is 2.34. The summed E-state index contributed by atoms with van der Waals surface area (Å²) in [5.74, 6) is 0.377. The number of hydrogen-bond acceptors (Lipinski definition) is 4. The number of nitriles is 1. The predicted molar refractivity (Wildman–Crippen MR) is 102 cm³/mol. The van der Waals surface area contributed by atoms with Crippen LogP contribution in [0.3, 0.4) is 0 Å². The van der Waals surface area contributed by atoms with E-state index in [1.807, 2.05) is 0 Å². The number of hydrogen-bond donors (Lipinski definition) is 1. The molecule has 0 atom stereocenters. The van der Waals surface area contributed by atoms with Gasteiger partial charge >= 0.3 is 0 Å². The molecule has 0 radical (unpaired) electrons. The minimum atomic E-state index is -0.120. The molecule has 1 aromatic carbocycles. The molecule has 2 heterocycles. The molecule has 25 heavy (non-hydrogen) atoms. The van der Waals surface area contributed by atoms with Crippen molar-refractivity contribution in [2.75, 3.05) is 0 Å². The molecule has 1 aliphatic carbocycles. The summed E-state index contributed by atoms with van der Waals surface area (Å²) in [6.45, 7) is 0. The molecule has 1 aliphatic rings. The fraction of sp³-hybridized carbons (Fsp3) is 0.211. The van der Waals surface area contributed by atoms with Crippen molar-refractivity contribution in [3.63, 3.8) is 0 Å². The number of fused-ring (bicyclic) bond motifs is 3. The van der Waals surface area contributed by atoms with Gasteiger partial charge in [-0.05, 0) is 55.0 Å². The SMILES string of the molecule is N#Cc1ccc(/C=C(\Cl)c2nc3sc4c(c3c(=O)[nH]2)CCCC4)cc1. The van der Waals surface area contributed by atoms with Gasteiger partial charge in [0, 0.05) is 4.88 Å². The molecule has 0 amide bonds. The third-order valence-electron chi connectivity index (χ3n) is 4.38. The van der Waals surface area contributed by atoms with Gasteiger partial charge in [-0.3, -0.25) is 4.79 Å². The second-order valence-electron chi connectivity index (χ2n) is 6.03. The molecule has 0 aliphatic heterocycles. The van der Waals surface area contributed by atoms with Gasteiger partial charge in [-0.1, -0.05) is 23.7 Å². The van der Waals surface area contributed by atoms with Gasteiger partial charge in [0.05, 0.1) is 22.1 Å². The Morgan fingerprint density at radius 2 is 2.04 bits per heavy atom. The minimum Gasteiger partial charge on any atom is -0.305 e. The fourth-order valence-corrected chi connectivity index (χ4v) is 4.62. The quantitative estimate of drug-likeness (QED) is 0.726. The third-order valence-corrected chi connectivity index (χ3v) is 5.86. The van der Waals surface area contributed by atoms with Crippen LogP contribution in [0.2, 0.25) is 0 Å². The lowest BCUT2D eigenvalue weighted by molar-refractivity contribution is 0.700. The second-order valence-corrected chi connectivity index (χ2v) is 7.52. The summed E-state index contributed by atoms with van der Waals surface area (Å²) in [6, 6.07) is 9.14. The summed E-state index contributed by atoms with van der Waals surface area (Å²) in [5.41, 5.74) is 2.48. The number of nitrogens with zero attached hydrogens (tertiary/aromatic N) is 2. The zero-order chi connectivity index (χ0) is 17.4. The van der Waals surface area contributed by atoms with Gasteiger partial charge < -0.3 is 4.98 Å². The van der Waals surface area contributed by atoms with Gasteiger partial charge in [0.15, 0.2) is 5.82 Å². The molecule has 3 aromatic rings. The first-order chi connectivity index (χ1) is 12.2. The van der Waals surface area contributed by atoms with E-state index in [2.05, 4.69) is 16.0 Å². The van der Waals surface area contributed by atoms with Crippen molar-refractivity contribution in [3.05, 3.63) is 62.0 Å². The van der Waals surface area contributed by atoms with Crippen molar-refractivity contribution >= 4 is 44.3 Å². The number of aromatic nitrogens is 2. The van der Waals surface area contributed by atoms with Crippen LogP contribution < -0.4 is 5.56 Å². The molecule has 6 heteroatoms. The maximum Gasteiger partial charge on any atom is 0.260 e. The maximum absolute atomic E-state index is 12.6. The Kier molecular flexibility index (Phi) is 4.16. The van der Waals surface area contributed by atoms with E-state index in [-0.39, 0.29) is 5.56 Å². The highest BCUT2D eigenvalue weighted by Gasteiger charge is 2.20. The highest BCUT2D eigenvalue weighted by molar-refractivity contribution is 7.18. The van der Waals surface area contributed by atoms with E-state index < -0.39 is 0 Å².